The van der Waals surface area contributed by atoms with Gasteiger partial charge in [0, 0.05) is 0 Å². The summed E-state index contributed by atoms with van der Waals surface area (Å²) in [5.41, 5.74) is -1.00. The van der Waals surface area contributed by atoms with Crippen LogP contribution in [0.1, 0.15) is 20.3 Å². The molecule has 1 aromatic carbocycles. The van der Waals surface area contributed by atoms with Crippen molar-refractivity contribution in [2.45, 2.75) is 19.8 Å². The Bertz CT molecular complexity index is 380. The minimum Gasteiger partial charge on any atom is -1.00 e. The molecule has 0 saturated carbocycles. The molecule has 0 aliphatic heterocycles. The molecule has 2 N–H and O–H groups in total. The number of rotatable bonds is 5. The van der Waals surface area contributed by atoms with Crippen molar-refractivity contribution in [2.24, 2.45) is 5.41 Å². The van der Waals surface area contributed by atoms with E-state index in [9.17, 15) is 9.59 Å². The standard InChI is InChI=1S/C12H14O4.K.H/c1-2-12(10(13)14,11(15)16)8-9-6-4-3-5-7-9;;/h3-7H,2,8H2,1H3,(H,13,14)(H,15,16);;/q;+1;-1. The van der Waals surface area contributed by atoms with E-state index in [4.69, 9.17) is 10.2 Å². The number of carboxylic acids is 2. The maximum Gasteiger partial charge on any atom is 1.00 e. The summed E-state index contributed by atoms with van der Waals surface area (Å²) in [7, 11) is 0. The zero-order chi connectivity index (χ0) is 12.2. The molecule has 1 aromatic rings. The topological polar surface area (TPSA) is 74.6 Å². The second-order valence-electron chi connectivity index (χ2n) is 3.71. The van der Waals surface area contributed by atoms with Crippen LogP contribution in [0.15, 0.2) is 30.3 Å². The third-order valence-corrected chi connectivity index (χ3v) is 2.77. The first-order valence-electron chi connectivity index (χ1n) is 5.03. The molecular weight excluding hydrogens is 247 g/mol. The van der Waals surface area contributed by atoms with E-state index >= 15 is 0 Å². The summed E-state index contributed by atoms with van der Waals surface area (Å²) in [6.07, 6.45) is 0.0710. The van der Waals surface area contributed by atoms with Crippen molar-refractivity contribution in [2.75, 3.05) is 0 Å². The van der Waals surface area contributed by atoms with Crippen molar-refractivity contribution < 1.29 is 72.6 Å². The van der Waals surface area contributed by atoms with Gasteiger partial charge in [-0.15, -0.1) is 0 Å². The van der Waals surface area contributed by atoms with Crippen LogP contribution in [0.5, 0.6) is 0 Å². The summed E-state index contributed by atoms with van der Waals surface area (Å²) in [6.45, 7) is 1.57. The summed E-state index contributed by atoms with van der Waals surface area (Å²) in [5.74, 6) is -2.57. The fourth-order valence-electron chi connectivity index (χ4n) is 1.61. The normalized spacial score (nSPS) is 10.4. The Labute approximate surface area is 144 Å². The molecule has 0 unspecified atom stereocenters. The third-order valence-electron chi connectivity index (χ3n) is 2.77. The minimum atomic E-state index is -1.72. The fourth-order valence-corrected chi connectivity index (χ4v) is 1.61. The van der Waals surface area contributed by atoms with Crippen LogP contribution in [-0.4, -0.2) is 22.2 Å². The van der Waals surface area contributed by atoms with Crippen molar-refractivity contribution in [3.8, 4) is 0 Å². The average Bonchev–Trinajstić information content (AvgIpc) is 2.26. The van der Waals surface area contributed by atoms with E-state index in [2.05, 4.69) is 0 Å². The van der Waals surface area contributed by atoms with Gasteiger partial charge in [-0.2, -0.15) is 0 Å². The molecule has 5 heteroatoms. The van der Waals surface area contributed by atoms with Gasteiger partial charge < -0.3 is 11.6 Å². The van der Waals surface area contributed by atoms with Crippen molar-refractivity contribution in [1.29, 1.82) is 0 Å². The number of carboxylic acid groups (broad SMARTS) is 2. The third kappa shape index (κ3) is 3.89. The van der Waals surface area contributed by atoms with Gasteiger partial charge in [0.1, 0.15) is 0 Å². The monoisotopic (exact) mass is 262 g/mol. The summed E-state index contributed by atoms with van der Waals surface area (Å²) in [4.78, 5) is 22.2. The minimum absolute atomic E-state index is 0. The maximum absolute atomic E-state index is 11.1. The predicted octanol–water partition coefficient (Wildman–Crippen LogP) is -1.09. The molecular formula is C12H15KO4. The number of hydrogen-bond acceptors (Lipinski definition) is 2. The SMILES string of the molecule is CCC(Cc1ccccc1)(C(=O)O)C(=O)O.[H-].[K+]. The molecule has 0 aliphatic rings. The van der Waals surface area contributed by atoms with Crippen molar-refractivity contribution in [3.63, 3.8) is 0 Å². The van der Waals surface area contributed by atoms with Crippen LogP contribution in [0.2, 0.25) is 0 Å². The average molecular weight is 262 g/mol. The van der Waals surface area contributed by atoms with Crippen LogP contribution in [0, 0.1) is 5.41 Å². The first kappa shape index (κ1) is 16.8. The zero-order valence-electron chi connectivity index (χ0n) is 11.0. The van der Waals surface area contributed by atoms with E-state index in [0.717, 1.165) is 0 Å². The molecule has 0 radical (unpaired) electrons. The van der Waals surface area contributed by atoms with Gasteiger partial charge in [-0.25, -0.2) is 0 Å². The first-order valence-corrected chi connectivity index (χ1v) is 5.03. The van der Waals surface area contributed by atoms with Crippen molar-refractivity contribution in [1.82, 2.24) is 0 Å². The van der Waals surface area contributed by atoms with Gasteiger partial charge in [0.05, 0.1) is 0 Å². The van der Waals surface area contributed by atoms with E-state index in [1.165, 1.54) is 0 Å². The zero-order valence-corrected chi connectivity index (χ0v) is 13.1. The molecule has 0 aromatic heterocycles. The fraction of sp³-hybridized carbons (Fsp3) is 0.333. The quantitative estimate of drug-likeness (QED) is 0.522. The molecule has 0 fully saturated rings. The number of aliphatic carboxylic acids is 2. The Kier molecular flexibility index (Phi) is 7.19. The van der Waals surface area contributed by atoms with Gasteiger partial charge in [0.25, 0.3) is 0 Å². The predicted molar refractivity (Wildman–Crippen MR) is 59.3 cm³/mol. The molecule has 0 aliphatic carbocycles. The van der Waals surface area contributed by atoms with Gasteiger partial charge in [0.15, 0.2) is 5.41 Å². The summed E-state index contributed by atoms with van der Waals surface area (Å²) >= 11 is 0. The molecule has 0 amide bonds. The van der Waals surface area contributed by atoms with Crippen LogP contribution in [0.4, 0.5) is 0 Å². The van der Waals surface area contributed by atoms with E-state index < -0.39 is 17.4 Å². The maximum atomic E-state index is 11.1. The van der Waals surface area contributed by atoms with Crippen LogP contribution < -0.4 is 51.4 Å². The van der Waals surface area contributed by atoms with Crippen LogP contribution >= 0.6 is 0 Å². The Morgan fingerprint density at radius 1 is 1.18 bits per heavy atom. The summed E-state index contributed by atoms with van der Waals surface area (Å²) in [6, 6.07) is 8.80. The van der Waals surface area contributed by atoms with Gasteiger partial charge in [-0.05, 0) is 18.4 Å². The molecule has 0 bridgehead atoms. The Morgan fingerprint density at radius 2 is 1.65 bits per heavy atom. The Balaban J connectivity index is 0. The van der Waals surface area contributed by atoms with Crippen molar-refractivity contribution >= 4 is 11.9 Å². The molecule has 0 spiro atoms. The molecule has 17 heavy (non-hydrogen) atoms. The first-order chi connectivity index (χ1) is 7.53. The molecule has 0 saturated heterocycles. The molecule has 0 heterocycles. The van der Waals surface area contributed by atoms with Crippen LogP contribution in [-0.2, 0) is 16.0 Å². The van der Waals surface area contributed by atoms with Crippen LogP contribution in [0.25, 0.3) is 0 Å². The van der Waals surface area contributed by atoms with E-state index in [1.807, 2.05) is 0 Å². The number of hydrogen-bond donors (Lipinski definition) is 2. The van der Waals surface area contributed by atoms with Gasteiger partial charge in [-0.1, -0.05) is 37.3 Å². The van der Waals surface area contributed by atoms with Gasteiger partial charge in [0.2, 0.25) is 0 Å². The van der Waals surface area contributed by atoms with Crippen LogP contribution in [0.3, 0.4) is 0 Å². The molecule has 0 atom stereocenters. The molecule has 1 rings (SSSR count). The van der Waals surface area contributed by atoms with E-state index in [0.29, 0.717) is 5.56 Å². The second kappa shape index (κ2) is 7.28. The van der Waals surface area contributed by atoms with E-state index in [1.54, 1.807) is 37.3 Å². The Morgan fingerprint density at radius 3 is 2.00 bits per heavy atom. The van der Waals surface area contributed by atoms with Gasteiger partial charge in [-0.3, -0.25) is 9.59 Å². The summed E-state index contributed by atoms with van der Waals surface area (Å²) < 4.78 is 0. The summed E-state index contributed by atoms with van der Waals surface area (Å²) in [5, 5.41) is 18.1. The largest absolute Gasteiger partial charge is 1.00 e. The number of carbonyl (C=O) groups is 2. The Hall–Kier alpha value is -0.204. The second-order valence-corrected chi connectivity index (χ2v) is 3.71. The van der Waals surface area contributed by atoms with Crippen molar-refractivity contribution in [3.05, 3.63) is 35.9 Å². The number of benzene rings is 1. The van der Waals surface area contributed by atoms with Gasteiger partial charge >= 0.3 is 63.3 Å². The smallest absolute Gasteiger partial charge is 1.00 e. The van der Waals surface area contributed by atoms with E-state index in [-0.39, 0.29) is 65.7 Å². The molecule has 4 nitrogen and oxygen atoms in total. The molecule has 88 valence electrons.